The SMILES string of the molecule is Cc1csc(CN(C)C(=O)CN2C[C@H](Cc3ccccc3)CC2=O)n1. The lowest BCUT2D eigenvalue weighted by Gasteiger charge is -2.21. The fourth-order valence-corrected chi connectivity index (χ4v) is 3.97. The summed E-state index contributed by atoms with van der Waals surface area (Å²) in [6, 6.07) is 10.2. The summed E-state index contributed by atoms with van der Waals surface area (Å²) >= 11 is 1.55. The van der Waals surface area contributed by atoms with Gasteiger partial charge in [0.15, 0.2) is 0 Å². The van der Waals surface area contributed by atoms with Crippen LogP contribution in [0.3, 0.4) is 0 Å². The molecule has 6 heteroatoms. The Hall–Kier alpha value is -2.21. The van der Waals surface area contributed by atoms with E-state index in [9.17, 15) is 9.59 Å². The van der Waals surface area contributed by atoms with Gasteiger partial charge in [-0.15, -0.1) is 11.3 Å². The zero-order chi connectivity index (χ0) is 17.8. The fourth-order valence-electron chi connectivity index (χ4n) is 3.14. The molecule has 0 unspecified atom stereocenters. The topological polar surface area (TPSA) is 53.5 Å². The Bertz CT molecular complexity index is 744. The number of hydrogen-bond donors (Lipinski definition) is 0. The summed E-state index contributed by atoms with van der Waals surface area (Å²) in [6.07, 6.45) is 1.41. The molecule has 132 valence electrons. The predicted molar refractivity (Wildman–Crippen MR) is 98.2 cm³/mol. The Labute approximate surface area is 152 Å². The molecule has 0 aliphatic carbocycles. The van der Waals surface area contributed by atoms with Gasteiger partial charge in [0.05, 0.1) is 13.1 Å². The summed E-state index contributed by atoms with van der Waals surface area (Å²) in [7, 11) is 1.76. The third-order valence-electron chi connectivity index (χ3n) is 4.45. The van der Waals surface area contributed by atoms with Crippen molar-refractivity contribution in [3.63, 3.8) is 0 Å². The maximum absolute atomic E-state index is 12.4. The number of aromatic nitrogens is 1. The van der Waals surface area contributed by atoms with E-state index in [1.165, 1.54) is 5.56 Å². The molecule has 0 bridgehead atoms. The highest BCUT2D eigenvalue weighted by Gasteiger charge is 2.31. The maximum Gasteiger partial charge on any atom is 0.242 e. The van der Waals surface area contributed by atoms with Crippen LogP contribution in [0.5, 0.6) is 0 Å². The van der Waals surface area contributed by atoms with Gasteiger partial charge in [0.25, 0.3) is 0 Å². The molecule has 2 amide bonds. The predicted octanol–water partition coefficient (Wildman–Crippen LogP) is 2.50. The van der Waals surface area contributed by atoms with Crippen LogP contribution in [-0.4, -0.2) is 46.7 Å². The first kappa shape index (κ1) is 17.6. The van der Waals surface area contributed by atoms with E-state index in [0.717, 1.165) is 17.1 Å². The Balaban J connectivity index is 1.51. The van der Waals surface area contributed by atoms with E-state index in [1.54, 1.807) is 28.2 Å². The van der Waals surface area contributed by atoms with Crippen LogP contribution < -0.4 is 0 Å². The molecule has 2 heterocycles. The average Bonchev–Trinajstić information content (AvgIpc) is 3.14. The lowest BCUT2D eigenvalue weighted by Crippen LogP contribution is -2.38. The van der Waals surface area contributed by atoms with Crippen LogP contribution >= 0.6 is 11.3 Å². The molecule has 1 saturated heterocycles. The number of likely N-dealkylation sites (tertiary alicyclic amines) is 1. The zero-order valence-electron chi connectivity index (χ0n) is 14.6. The van der Waals surface area contributed by atoms with E-state index in [2.05, 4.69) is 17.1 Å². The fraction of sp³-hybridized carbons (Fsp3) is 0.421. The Morgan fingerprint density at radius 2 is 2.12 bits per heavy atom. The summed E-state index contributed by atoms with van der Waals surface area (Å²) in [5.74, 6) is 0.323. The Morgan fingerprint density at radius 3 is 2.80 bits per heavy atom. The van der Waals surface area contributed by atoms with Gasteiger partial charge in [-0.05, 0) is 24.8 Å². The highest BCUT2D eigenvalue weighted by atomic mass is 32.1. The first-order chi connectivity index (χ1) is 12.0. The van der Waals surface area contributed by atoms with Crippen molar-refractivity contribution in [3.05, 3.63) is 52.0 Å². The van der Waals surface area contributed by atoms with E-state index in [-0.39, 0.29) is 24.3 Å². The van der Waals surface area contributed by atoms with Crippen LogP contribution in [0.25, 0.3) is 0 Å². The standard InChI is InChI=1S/C19H23N3O2S/c1-14-13-25-17(20-14)11-21(2)19(24)12-22-10-16(9-18(22)23)8-15-6-4-3-5-7-15/h3-7,13,16H,8-12H2,1-2H3/t16-/m1/s1. The second-order valence-electron chi connectivity index (χ2n) is 6.67. The van der Waals surface area contributed by atoms with E-state index >= 15 is 0 Å². The summed E-state index contributed by atoms with van der Waals surface area (Å²) in [6.45, 7) is 3.25. The molecular weight excluding hydrogens is 334 g/mol. The van der Waals surface area contributed by atoms with Crippen LogP contribution in [0.15, 0.2) is 35.7 Å². The van der Waals surface area contributed by atoms with E-state index in [4.69, 9.17) is 0 Å². The van der Waals surface area contributed by atoms with Crippen molar-refractivity contribution in [3.8, 4) is 0 Å². The molecule has 0 saturated carbocycles. The minimum Gasteiger partial charge on any atom is -0.337 e. The maximum atomic E-state index is 12.4. The number of aryl methyl sites for hydroxylation is 1. The normalized spacial score (nSPS) is 17.1. The van der Waals surface area contributed by atoms with Crippen molar-refractivity contribution in [2.45, 2.75) is 26.3 Å². The molecule has 5 nitrogen and oxygen atoms in total. The molecule has 1 atom stereocenters. The molecule has 2 aromatic rings. The van der Waals surface area contributed by atoms with Gasteiger partial charge in [-0.2, -0.15) is 0 Å². The summed E-state index contributed by atoms with van der Waals surface area (Å²) in [5.41, 5.74) is 2.21. The van der Waals surface area contributed by atoms with Gasteiger partial charge >= 0.3 is 0 Å². The van der Waals surface area contributed by atoms with E-state index < -0.39 is 0 Å². The van der Waals surface area contributed by atoms with Gasteiger partial charge in [0.2, 0.25) is 11.8 Å². The Kier molecular flexibility index (Phi) is 5.48. The molecule has 25 heavy (non-hydrogen) atoms. The molecule has 1 aromatic heterocycles. The molecular formula is C19H23N3O2S. The van der Waals surface area contributed by atoms with Crippen LogP contribution in [-0.2, 0) is 22.6 Å². The third-order valence-corrected chi connectivity index (χ3v) is 5.40. The minimum absolute atomic E-state index is 0.0402. The quantitative estimate of drug-likeness (QED) is 0.798. The molecule has 0 radical (unpaired) electrons. The lowest BCUT2D eigenvalue weighted by molar-refractivity contribution is -0.137. The smallest absolute Gasteiger partial charge is 0.242 e. The van der Waals surface area contributed by atoms with Crippen molar-refractivity contribution in [1.29, 1.82) is 0 Å². The number of benzene rings is 1. The Morgan fingerprint density at radius 1 is 1.36 bits per heavy atom. The number of carbonyl (C=O) groups excluding carboxylic acids is 2. The highest BCUT2D eigenvalue weighted by Crippen LogP contribution is 2.22. The molecule has 3 rings (SSSR count). The summed E-state index contributed by atoms with van der Waals surface area (Å²) in [4.78, 5) is 32.4. The molecule has 0 spiro atoms. The largest absolute Gasteiger partial charge is 0.337 e. The first-order valence-corrected chi connectivity index (χ1v) is 9.36. The number of amides is 2. The van der Waals surface area contributed by atoms with Gasteiger partial charge in [0.1, 0.15) is 5.01 Å². The summed E-state index contributed by atoms with van der Waals surface area (Å²) < 4.78 is 0. The monoisotopic (exact) mass is 357 g/mol. The number of carbonyl (C=O) groups is 2. The number of hydrogen-bond acceptors (Lipinski definition) is 4. The van der Waals surface area contributed by atoms with Crippen molar-refractivity contribution in [1.82, 2.24) is 14.8 Å². The molecule has 1 fully saturated rings. The van der Waals surface area contributed by atoms with Gasteiger partial charge in [-0.1, -0.05) is 30.3 Å². The molecule has 1 aromatic carbocycles. The minimum atomic E-state index is -0.0402. The van der Waals surface area contributed by atoms with Gasteiger partial charge in [-0.3, -0.25) is 9.59 Å². The van der Waals surface area contributed by atoms with E-state index in [0.29, 0.717) is 19.5 Å². The van der Waals surface area contributed by atoms with E-state index in [1.807, 2.05) is 30.5 Å². The van der Waals surface area contributed by atoms with Crippen molar-refractivity contribution >= 4 is 23.2 Å². The van der Waals surface area contributed by atoms with Crippen LogP contribution in [0.2, 0.25) is 0 Å². The van der Waals surface area contributed by atoms with Gasteiger partial charge in [0, 0.05) is 31.1 Å². The highest BCUT2D eigenvalue weighted by molar-refractivity contribution is 7.09. The van der Waals surface area contributed by atoms with Crippen LogP contribution in [0.1, 0.15) is 22.7 Å². The third kappa shape index (κ3) is 4.66. The molecule has 1 aliphatic rings. The number of thiazole rings is 1. The number of likely N-dealkylation sites (N-methyl/N-ethyl adjacent to an activating group) is 1. The average molecular weight is 357 g/mol. The first-order valence-electron chi connectivity index (χ1n) is 8.48. The lowest BCUT2D eigenvalue weighted by atomic mass is 9.99. The second kappa shape index (κ2) is 7.78. The molecule has 1 aliphatic heterocycles. The number of nitrogens with zero attached hydrogens (tertiary/aromatic N) is 3. The van der Waals surface area contributed by atoms with Gasteiger partial charge < -0.3 is 9.80 Å². The summed E-state index contributed by atoms with van der Waals surface area (Å²) in [5, 5.41) is 2.90. The van der Waals surface area contributed by atoms with Crippen LogP contribution in [0.4, 0.5) is 0 Å². The zero-order valence-corrected chi connectivity index (χ0v) is 15.5. The second-order valence-corrected chi connectivity index (χ2v) is 7.61. The number of rotatable bonds is 6. The van der Waals surface area contributed by atoms with Crippen LogP contribution in [0, 0.1) is 12.8 Å². The van der Waals surface area contributed by atoms with Crippen molar-refractivity contribution in [2.24, 2.45) is 5.92 Å². The van der Waals surface area contributed by atoms with Crippen molar-refractivity contribution < 1.29 is 9.59 Å². The van der Waals surface area contributed by atoms with Gasteiger partial charge in [-0.25, -0.2) is 4.98 Å². The van der Waals surface area contributed by atoms with Crippen molar-refractivity contribution in [2.75, 3.05) is 20.1 Å². The molecule has 0 N–H and O–H groups in total.